The van der Waals surface area contributed by atoms with Crippen molar-refractivity contribution in [2.24, 2.45) is 10.2 Å². The van der Waals surface area contributed by atoms with Crippen LogP contribution in [0, 0.1) is 0 Å². The van der Waals surface area contributed by atoms with Crippen LogP contribution in [-0.4, -0.2) is 16.1 Å². The number of aromatic nitrogens is 2. The predicted octanol–water partition coefficient (Wildman–Crippen LogP) is 3.74. The third kappa shape index (κ3) is 3.46. The Morgan fingerprint density at radius 1 is 0.958 bits per heavy atom. The number of benzene rings is 2. The number of nitrogens with zero attached hydrogens (tertiary/aromatic N) is 2. The minimum Gasteiger partial charge on any atom is -0.326 e. The van der Waals surface area contributed by atoms with Crippen molar-refractivity contribution in [1.82, 2.24) is 10.2 Å². The van der Waals surface area contributed by atoms with Crippen LogP contribution in [-0.2, 0) is 4.79 Å². The van der Waals surface area contributed by atoms with Gasteiger partial charge in [-0.2, -0.15) is 5.11 Å². The number of rotatable bonds is 4. The average Bonchev–Trinajstić information content (AvgIpc) is 2.95. The Labute approximate surface area is 137 Å². The summed E-state index contributed by atoms with van der Waals surface area (Å²) < 4.78 is 0. The molecule has 24 heavy (non-hydrogen) atoms. The molecule has 2 aromatic carbocycles. The molecule has 0 radical (unpaired) electrons. The molecule has 0 aliphatic rings. The number of azo groups is 1. The zero-order chi connectivity index (χ0) is 16.9. The molecule has 0 aliphatic heterocycles. The van der Waals surface area contributed by atoms with Crippen LogP contribution in [0.2, 0.25) is 0 Å². The molecule has 0 saturated carbocycles. The summed E-state index contributed by atoms with van der Waals surface area (Å²) in [6, 6.07) is 16.2. The third-order valence-corrected chi connectivity index (χ3v) is 3.27. The fourth-order valence-electron chi connectivity index (χ4n) is 2.18. The zero-order valence-electron chi connectivity index (χ0n) is 12.9. The summed E-state index contributed by atoms with van der Waals surface area (Å²) >= 11 is 0. The summed E-state index contributed by atoms with van der Waals surface area (Å²) in [5, 5.41) is 16.2. The molecule has 0 fully saturated rings. The van der Waals surface area contributed by atoms with E-state index in [-0.39, 0.29) is 17.2 Å². The number of nitrogens with one attached hydrogen (secondary N) is 3. The van der Waals surface area contributed by atoms with Gasteiger partial charge in [0.2, 0.25) is 5.91 Å². The Hall–Kier alpha value is -3.48. The second-order valence-corrected chi connectivity index (χ2v) is 5.10. The van der Waals surface area contributed by atoms with Gasteiger partial charge in [-0.1, -0.05) is 30.3 Å². The Kier molecular flexibility index (Phi) is 4.33. The molecule has 0 spiro atoms. The van der Waals surface area contributed by atoms with E-state index >= 15 is 0 Å². The smallest absolute Gasteiger partial charge is 0.292 e. The molecule has 1 aromatic heterocycles. The van der Waals surface area contributed by atoms with Gasteiger partial charge in [0.15, 0.2) is 5.69 Å². The van der Waals surface area contributed by atoms with Crippen LogP contribution in [0.4, 0.5) is 17.1 Å². The van der Waals surface area contributed by atoms with Crippen molar-refractivity contribution in [3.63, 3.8) is 0 Å². The first-order chi connectivity index (χ1) is 11.6. The SMILES string of the molecule is CC(=O)Nc1ccc(N=Nc2c(-c3ccccc3)[nH][nH]c2=O)cc1. The van der Waals surface area contributed by atoms with Crippen molar-refractivity contribution in [2.75, 3.05) is 5.32 Å². The van der Waals surface area contributed by atoms with E-state index in [9.17, 15) is 9.59 Å². The first-order valence-corrected chi connectivity index (χ1v) is 7.29. The molecule has 3 rings (SSSR count). The normalized spacial score (nSPS) is 10.9. The van der Waals surface area contributed by atoms with Gasteiger partial charge in [0, 0.05) is 18.2 Å². The van der Waals surface area contributed by atoms with Crippen LogP contribution in [0.25, 0.3) is 11.3 Å². The zero-order valence-corrected chi connectivity index (χ0v) is 12.9. The van der Waals surface area contributed by atoms with Gasteiger partial charge >= 0.3 is 0 Å². The number of carbonyl (C=O) groups is 1. The Bertz CT molecular complexity index is 924. The van der Waals surface area contributed by atoms with Crippen LogP contribution >= 0.6 is 0 Å². The van der Waals surface area contributed by atoms with Crippen LogP contribution < -0.4 is 10.9 Å². The molecule has 0 saturated heterocycles. The van der Waals surface area contributed by atoms with E-state index in [0.717, 1.165) is 5.56 Å². The summed E-state index contributed by atoms with van der Waals surface area (Å²) in [6.07, 6.45) is 0. The minimum atomic E-state index is -0.340. The van der Waals surface area contributed by atoms with E-state index < -0.39 is 0 Å². The van der Waals surface area contributed by atoms with Crippen molar-refractivity contribution in [3.05, 3.63) is 65.0 Å². The monoisotopic (exact) mass is 321 g/mol. The highest BCUT2D eigenvalue weighted by molar-refractivity contribution is 5.88. The Morgan fingerprint density at radius 2 is 1.67 bits per heavy atom. The third-order valence-electron chi connectivity index (χ3n) is 3.27. The lowest BCUT2D eigenvalue weighted by Gasteiger charge is -2.01. The van der Waals surface area contributed by atoms with Gasteiger partial charge < -0.3 is 5.32 Å². The van der Waals surface area contributed by atoms with Crippen LogP contribution in [0.1, 0.15) is 6.92 Å². The van der Waals surface area contributed by atoms with E-state index in [0.29, 0.717) is 17.1 Å². The molecule has 3 N–H and O–H groups in total. The van der Waals surface area contributed by atoms with Gasteiger partial charge in [0.25, 0.3) is 5.56 Å². The molecular weight excluding hydrogens is 306 g/mol. The largest absolute Gasteiger partial charge is 0.326 e. The summed E-state index contributed by atoms with van der Waals surface area (Å²) in [5.41, 5.74) is 2.54. The van der Waals surface area contributed by atoms with Gasteiger partial charge in [-0.3, -0.25) is 19.8 Å². The number of hydrogen-bond donors (Lipinski definition) is 3. The molecule has 3 aromatic rings. The molecule has 0 atom stereocenters. The van der Waals surface area contributed by atoms with Crippen molar-refractivity contribution < 1.29 is 4.79 Å². The Balaban J connectivity index is 1.86. The van der Waals surface area contributed by atoms with Gasteiger partial charge in [0.05, 0.1) is 11.4 Å². The fourth-order valence-corrected chi connectivity index (χ4v) is 2.18. The summed E-state index contributed by atoms with van der Waals surface area (Å²) in [6.45, 7) is 1.44. The topological polar surface area (TPSA) is 102 Å². The summed E-state index contributed by atoms with van der Waals surface area (Å²) in [5.74, 6) is -0.143. The van der Waals surface area contributed by atoms with Crippen molar-refractivity contribution >= 4 is 23.0 Å². The second kappa shape index (κ2) is 6.74. The second-order valence-electron chi connectivity index (χ2n) is 5.10. The van der Waals surface area contributed by atoms with Crippen molar-refractivity contribution in [1.29, 1.82) is 0 Å². The van der Waals surface area contributed by atoms with E-state index in [2.05, 4.69) is 25.7 Å². The van der Waals surface area contributed by atoms with Crippen LogP contribution in [0.3, 0.4) is 0 Å². The maximum Gasteiger partial charge on any atom is 0.292 e. The van der Waals surface area contributed by atoms with Crippen LogP contribution in [0.5, 0.6) is 0 Å². The van der Waals surface area contributed by atoms with Crippen molar-refractivity contribution in [3.8, 4) is 11.3 Å². The van der Waals surface area contributed by atoms with E-state index in [1.165, 1.54) is 6.92 Å². The number of hydrogen-bond acceptors (Lipinski definition) is 4. The maximum atomic E-state index is 11.9. The molecule has 0 unspecified atom stereocenters. The first kappa shape index (κ1) is 15.4. The lowest BCUT2D eigenvalue weighted by Crippen LogP contribution is -2.04. The molecule has 1 amide bonds. The van der Waals surface area contributed by atoms with Crippen molar-refractivity contribution in [2.45, 2.75) is 6.92 Å². The molecule has 1 heterocycles. The summed E-state index contributed by atoms with van der Waals surface area (Å²) in [7, 11) is 0. The van der Waals surface area contributed by atoms with Crippen LogP contribution in [0.15, 0.2) is 69.6 Å². The molecule has 0 bridgehead atoms. The van der Waals surface area contributed by atoms with Gasteiger partial charge in [-0.05, 0) is 24.3 Å². The molecule has 7 nitrogen and oxygen atoms in total. The standard InChI is InChI=1S/C17H15N5O2/c1-11(23)18-13-7-9-14(10-8-13)19-21-16-15(20-22-17(16)24)12-5-3-2-4-6-12/h2-10H,1H3,(H,18,23)(H2,20,22,24). The Morgan fingerprint density at radius 3 is 2.33 bits per heavy atom. The highest BCUT2D eigenvalue weighted by Gasteiger charge is 2.11. The number of aromatic amines is 2. The number of H-pyrrole nitrogens is 2. The van der Waals surface area contributed by atoms with Gasteiger partial charge in [0.1, 0.15) is 0 Å². The number of anilines is 1. The average molecular weight is 321 g/mol. The lowest BCUT2D eigenvalue weighted by atomic mass is 10.1. The minimum absolute atomic E-state index is 0.143. The highest BCUT2D eigenvalue weighted by Crippen LogP contribution is 2.26. The maximum absolute atomic E-state index is 11.9. The quantitative estimate of drug-likeness (QED) is 0.637. The van der Waals surface area contributed by atoms with Gasteiger partial charge in [-0.25, -0.2) is 0 Å². The fraction of sp³-hybridized carbons (Fsp3) is 0.0588. The van der Waals surface area contributed by atoms with E-state index in [1.807, 2.05) is 30.3 Å². The van der Waals surface area contributed by atoms with Gasteiger partial charge in [-0.15, -0.1) is 5.11 Å². The molecule has 120 valence electrons. The summed E-state index contributed by atoms with van der Waals surface area (Å²) in [4.78, 5) is 22.9. The molecule has 0 aliphatic carbocycles. The number of carbonyl (C=O) groups excluding carboxylic acids is 1. The molecular formula is C17H15N5O2. The number of amides is 1. The lowest BCUT2D eigenvalue weighted by molar-refractivity contribution is -0.114. The molecule has 7 heteroatoms. The first-order valence-electron chi connectivity index (χ1n) is 7.29. The highest BCUT2D eigenvalue weighted by atomic mass is 16.1. The van der Waals surface area contributed by atoms with E-state index in [1.54, 1.807) is 24.3 Å². The predicted molar refractivity (Wildman–Crippen MR) is 91.8 cm³/mol. The van der Waals surface area contributed by atoms with E-state index in [4.69, 9.17) is 0 Å².